The van der Waals surface area contributed by atoms with Crippen molar-refractivity contribution in [1.29, 1.82) is 0 Å². The highest BCUT2D eigenvalue weighted by Crippen LogP contribution is 2.53. The smallest absolute Gasteiger partial charge is 0.393 e. The molecule has 0 amide bonds. The molecule has 3 heterocycles. The third kappa shape index (κ3) is 16.1. The van der Waals surface area contributed by atoms with Gasteiger partial charge in [-0.2, -0.15) is 13.2 Å². The third-order valence-electron chi connectivity index (χ3n) is 15.4. The van der Waals surface area contributed by atoms with E-state index in [1.54, 1.807) is 115 Å². The number of fused-ring (bicyclic) bond motifs is 3. The van der Waals surface area contributed by atoms with E-state index in [1.807, 2.05) is 36.4 Å². The first-order valence-electron chi connectivity index (χ1n) is 29.6. The average Bonchev–Trinajstić information content (AvgIpc) is 1.54. The zero-order valence-corrected chi connectivity index (χ0v) is 53.0. The molecular formula is C76H55F5O12S3. The number of aliphatic carboxylic acids is 3. The van der Waals surface area contributed by atoms with E-state index in [-0.39, 0.29) is 39.9 Å². The average molecular weight is 1350 g/mol. The first-order chi connectivity index (χ1) is 46.1. The number of carbonyl (C=O) groups is 3. The molecule has 12 nitrogen and oxygen atoms in total. The second-order valence-electron chi connectivity index (χ2n) is 22.1. The molecule has 0 spiro atoms. The Kier molecular flexibility index (Phi) is 20.1. The van der Waals surface area contributed by atoms with E-state index < -0.39 is 36.3 Å². The Balaban J connectivity index is 0.000000147. The summed E-state index contributed by atoms with van der Waals surface area (Å²) < 4.78 is 88.7. The fraction of sp³-hybridized carbons (Fsp3) is 0.0921. The molecule has 6 N–H and O–H groups in total. The predicted octanol–water partition coefficient (Wildman–Crippen LogP) is 21.5. The molecule has 0 aliphatic heterocycles. The molecule has 0 saturated heterocycles. The lowest BCUT2D eigenvalue weighted by molar-refractivity contribution is -0.132. The molecular weight excluding hydrogens is 1300 g/mol. The summed E-state index contributed by atoms with van der Waals surface area (Å²) in [6, 6.07) is 52.4. The van der Waals surface area contributed by atoms with Gasteiger partial charge in [0, 0.05) is 54.0 Å². The van der Waals surface area contributed by atoms with Crippen molar-refractivity contribution in [3.63, 3.8) is 0 Å². The van der Waals surface area contributed by atoms with Gasteiger partial charge in [0.25, 0.3) is 0 Å². The number of benzene rings is 9. The number of phenolic OH excluding ortho intramolecular Hbond substituents is 3. The SMILES string of the molecule is Cc1c(F)cccc1-c1sc2cc(O)ccc2c1Oc1ccc(/C=C/C(=O)O)cc1.O=C(O)/C=C/c1ccc(Oc2c(-c3ccc(F)cc3CC(F)(F)F)sc3cc(O)ccc23)cc1.O=C(O)/C=C/c1ccc(Oc2c(-c3ccccc3C3CCC3)sc3cc(O)ccc23)cc1. The maximum Gasteiger partial charge on any atom is 0.393 e. The molecule has 20 heteroatoms. The van der Waals surface area contributed by atoms with Crippen LogP contribution in [0.3, 0.4) is 0 Å². The Morgan fingerprint density at radius 3 is 1.27 bits per heavy atom. The molecule has 484 valence electrons. The van der Waals surface area contributed by atoms with Crippen LogP contribution < -0.4 is 14.2 Å². The Hall–Kier alpha value is -11.1. The fourth-order valence-corrected chi connectivity index (χ4v) is 14.3. The number of alkyl halides is 3. The maximum atomic E-state index is 14.2. The zero-order chi connectivity index (χ0) is 67.8. The molecule has 1 saturated carbocycles. The standard InChI is InChI=1S/C27H22O4S.C25H16F4O4S.C24H17FO4S/c28-19-11-14-23-24(16-19)32-27(22-7-2-1-6-21(22)18-4-3-5-18)26(23)31-20-12-8-17(9-13-20)10-15-25(29)30;26-16-4-8-19(15(11-16)13-25(27,28)29)24-23(20-9-5-17(30)12-21(20)34-24)33-18-6-1-14(2-7-18)3-10-22(31)32;1-14-18(3-2-4-20(14)25)24-23(19-11-8-16(26)13-21(19)30-24)29-17-9-5-15(6-10-17)7-12-22(27)28/h1-2,6-16,18,28H,3-5H2,(H,29,30);1-12,30H,13H2,(H,31,32);2-13,26H,1H3,(H,27,28)/b15-10+;10-3+;12-7+. The summed E-state index contributed by atoms with van der Waals surface area (Å²) >= 11 is 4.17. The van der Waals surface area contributed by atoms with Gasteiger partial charge in [0.2, 0.25) is 0 Å². The summed E-state index contributed by atoms with van der Waals surface area (Å²) in [6.45, 7) is 1.72. The van der Waals surface area contributed by atoms with Gasteiger partial charge in [-0.25, -0.2) is 23.2 Å². The summed E-state index contributed by atoms with van der Waals surface area (Å²) in [5.41, 5.74) is 5.86. The second-order valence-corrected chi connectivity index (χ2v) is 25.2. The molecule has 13 rings (SSSR count). The van der Waals surface area contributed by atoms with Crippen molar-refractivity contribution in [1.82, 2.24) is 0 Å². The maximum absolute atomic E-state index is 14.2. The van der Waals surface area contributed by atoms with Crippen LogP contribution in [0.5, 0.6) is 51.7 Å². The number of hydrogen-bond donors (Lipinski definition) is 6. The van der Waals surface area contributed by atoms with Gasteiger partial charge in [-0.3, -0.25) is 0 Å². The van der Waals surface area contributed by atoms with Crippen LogP contribution in [-0.2, 0) is 20.8 Å². The van der Waals surface area contributed by atoms with Gasteiger partial charge in [0.1, 0.15) is 46.1 Å². The van der Waals surface area contributed by atoms with Gasteiger partial charge < -0.3 is 44.8 Å². The van der Waals surface area contributed by atoms with Crippen molar-refractivity contribution in [2.75, 3.05) is 0 Å². The first-order valence-corrected chi connectivity index (χ1v) is 32.1. The summed E-state index contributed by atoms with van der Waals surface area (Å²) in [5.74, 6) is 0.00671. The van der Waals surface area contributed by atoms with Crippen molar-refractivity contribution in [2.45, 2.75) is 44.7 Å². The monoisotopic (exact) mass is 1350 g/mol. The molecule has 0 radical (unpaired) electrons. The molecule has 3 aromatic heterocycles. The Labute approximate surface area is 557 Å². The Morgan fingerprint density at radius 1 is 0.479 bits per heavy atom. The summed E-state index contributed by atoms with van der Waals surface area (Å²) in [6.07, 6.45) is 5.46. The van der Waals surface area contributed by atoms with E-state index in [0.29, 0.717) is 55.0 Å². The molecule has 0 bridgehead atoms. The van der Waals surface area contributed by atoms with Gasteiger partial charge in [-0.05, 0) is 198 Å². The Morgan fingerprint density at radius 2 is 0.875 bits per heavy atom. The normalized spacial score (nSPS) is 12.4. The van der Waals surface area contributed by atoms with Gasteiger partial charge in [-0.1, -0.05) is 85.3 Å². The van der Waals surface area contributed by atoms with Crippen LogP contribution in [0.4, 0.5) is 22.0 Å². The van der Waals surface area contributed by atoms with Crippen LogP contribution in [0.25, 0.3) is 79.8 Å². The van der Waals surface area contributed by atoms with Gasteiger partial charge in [0.15, 0.2) is 17.2 Å². The van der Waals surface area contributed by atoms with Crippen LogP contribution in [0.2, 0.25) is 0 Å². The molecule has 1 aliphatic carbocycles. The molecule has 0 atom stereocenters. The largest absolute Gasteiger partial charge is 0.508 e. The van der Waals surface area contributed by atoms with Crippen LogP contribution in [0.15, 0.2) is 206 Å². The van der Waals surface area contributed by atoms with E-state index in [9.17, 15) is 51.7 Å². The minimum atomic E-state index is -4.54. The van der Waals surface area contributed by atoms with Gasteiger partial charge in [0.05, 0.1) is 21.1 Å². The number of halogens is 5. The van der Waals surface area contributed by atoms with E-state index in [0.717, 1.165) is 94.1 Å². The predicted molar refractivity (Wildman–Crippen MR) is 367 cm³/mol. The number of carboxylic acids is 3. The van der Waals surface area contributed by atoms with Crippen LogP contribution in [0, 0.1) is 18.6 Å². The van der Waals surface area contributed by atoms with Crippen LogP contribution >= 0.6 is 34.0 Å². The van der Waals surface area contributed by atoms with Crippen molar-refractivity contribution >= 4 is 100 Å². The van der Waals surface area contributed by atoms with E-state index in [2.05, 4.69) is 24.3 Å². The molecule has 96 heavy (non-hydrogen) atoms. The number of phenols is 3. The zero-order valence-electron chi connectivity index (χ0n) is 50.5. The number of thiophene rings is 3. The lowest BCUT2D eigenvalue weighted by Crippen LogP contribution is -2.12. The molecule has 9 aromatic carbocycles. The fourth-order valence-electron chi connectivity index (χ4n) is 10.6. The van der Waals surface area contributed by atoms with Gasteiger partial charge in [-0.15, -0.1) is 34.0 Å². The first kappa shape index (κ1) is 66.4. The van der Waals surface area contributed by atoms with Crippen LogP contribution in [-0.4, -0.2) is 54.7 Å². The van der Waals surface area contributed by atoms with E-state index in [1.165, 1.54) is 78.1 Å². The molecule has 12 aromatic rings. The van der Waals surface area contributed by atoms with E-state index in [4.69, 9.17) is 29.5 Å². The Bertz CT molecular complexity index is 4970. The number of hydrogen-bond acceptors (Lipinski definition) is 12. The van der Waals surface area contributed by atoms with Crippen LogP contribution in [0.1, 0.15) is 58.6 Å². The van der Waals surface area contributed by atoms with Crippen molar-refractivity contribution in [3.05, 3.63) is 251 Å². The molecule has 1 fully saturated rings. The third-order valence-corrected chi connectivity index (χ3v) is 18.9. The van der Waals surface area contributed by atoms with Crippen molar-refractivity contribution < 1.29 is 81.2 Å². The van der Waals surface area contributed by atoms with Crippen molar-refractivity contribution in [2.24, 2.45) is 0 Å². The quantitative estimate of drug-likeness (QED) is 0.0373. The lowest BCUT2D eigenvalue weighted by Gasteiger charge is -2.27. The number of rotatable bonds is 17. The van der Waals surface area contributed by atoms with Gasteiger partial charge >= 0.3 is 24.1 Å². The highest BCUT2D eigenvalue weighted by molar-refractivity contribution is 7.23. The number of ether oxygens (including phenoxy) is 3. The van der Waals surface area contributed by atoms with E-state index >= 15 is 0 Å². The van der Waals surface area contributed by atoms with Crippen molar-refractivity contribution in [3.8, 4) is 83.1 Å². The summed E-state index contributed by atoms with van der Waals surface area (Å²) in [5, 5.41) is 58.4. The topological polar surface area (TPSA) is 200 Å². The lowest BCUT2D eigenvalue weighted by atomic mass is 9.78. The molecule has 1 aliphatic rings. The number of carboxylic acid groups (broad SMARTS) is 3. The number of aromatic hydroxyl groups is 3. The highest BCUT2D eigenvalue weighted by Gasteiger charge is 2.31. The minimum absolute atomic E-state index is 0.0176. The second kappa shape index (κ2) is 29.1. The molecule has 0 unspecified atom stereocenters. The summed E-state index contributed by atoms with van der Waals surface area (Å²) in [7, 11) is 0. The highest BCUT2D eigenvalue weighted by atomic mass is 32.1. The summed E-state index contributed by atoms with van der Waals surface area (Å²) in [4.78, 5) is 34.3. The minimum Gasteiger partial charge on any atom is -0.508 e.